The summed E-state index contributed by atoms with van der Waals surface area (Å²) < 4.78 is 5.45. The molecular weight excluding hydrogens is 280 g/mol. The van der Waals surface area contributed by atoms with E-state index in [-0.39, 0.29) is 0 Å². The maximum absolute atomic E-state index is 5.45. The lowest BCUT2D eigenvalue weighted by Crippen LogP contribution is -2.14. The number of hydrogen-bond donors (Lipinski definition) is 1. The Labute approximate surface area is 130 Å². The summed E-state index contributed by atoms with van der Waals surface area (Å²) in [5.74, 6) is 0. The number of aromatic nitrogens is 1. The molecule has 112 valence electrons. The first kappa shape index (κ1) is 14.7. The third-order valence-corrected chi connectivity index (χ3v) is 4.70. The summed E-state index contributed by atoms with van der Waals surface area (Å²) in [6.45, 7) is 4.49. The van der Waals surface area contributed by atoms with E-state index in [0.29, 0.717) is 0 Å². The van der Waals surface area contributed by atoms with Crippen LogP contribution < -0.4 is 5.32 Å². The van der Waals surface area contributed by atoms with Gasteiger partial charge in [-0.1, -0.05) is 30.3 Å². The van der Waals surface area contributed by atoms with Gasteiger partial charge in [-0.15, -0.1) is 11.3 Å². The van der Waals surface area contributed by atoms with Crippen molar-refractivity contribution in [3.63, 3.8) is 0 Å². The Morgan fingerprint density at radius 3 is 2.81 bits per heavy atom. The zero-order valence-electron chi connectivity index (χ0n) is 12.5. The molecule has 4 heteroatoms. The Balaban J connectivity index is 1.77. The molecule has 0 spiro atoms. The molecule has 0 amide bonds. The van der Waals surface area contributed by atoms with Crippen molar-refractivity contribution < 1.29 is 4.74 Å². The predicted molar refractivity (Wildman–Crippen MR) is 87.6 cm³/mol. The first-order valence-corrected chi connectivity index (χ1v) is 8.53. The molecule has 2 aromatic rings. The summed E-state index contributed by atoms with van der Waals surface area (Å²) in [5, 5.41) is 4.78. The SMILES string of the molecule is CCOCCc1nc(-c2ccccc2)c(CNC2CC2)s1. The first-order chi connectivity index (χ1) is 10.4. The molecule has 0 unspecified atom stereocenters. The fraction of sp³-hybridized carbons (Fsp3) is 0.471. The highest BCUT2D eigenvalue weighted by molar-refractivity contribution is 7.12. The first-order valence-electron chi connectivity index (χ1n) is 7.72. The van der Waals surface area contributed by atoms with Crippen molar-refractivity contribution in [2.75, 3.05) is 13.2 Å². The van der Waals surface area contributed by atoms with Gasteiger partial charge in [-0.2, -0.15) is 0 Å². The van der Waals surface area contributed by atoms with Crippen LogP contribution in [0.5, 0.6) is 0 Å². The number of nitrogens with one attached hydrogen (secondary N) is 1. The maximum atomic E-state index is 5.45. The average Bonchev–Trinajstić information content (AvgIpc) is 3.26. The van der Waals surface area contributed by atoms with Gasteiger partial charge in [0.2, 0.25) is 0 Å². The lowest BCUT2D eigenvalue weighted by molar-refractivity contribution is 0.151. The van der Waals surface area contributed by atoms with Gasteiger partial charge in [-0.05, 0) is 19.8 Å². The number of ether oxygens (including phenoxy) is 1. The molecule has 0 saturated heterocycles. The quantitative estimate of drug-likeness (QED) is 0.756. The molecule has 1 aliphatic rings. The smallest absolute Gasteiger partial charge is 0.0958 e. The fourth-order valence-electron chi connectivity index (χ4n) is 2.28. The molecule has 1 saturated carbocycles. The lowest BCUT2D eigenvalue weighted by atomic mass is 10.1. The normalized spacial score (nSPS) is 14.5. The van der Waals surface area contributed by atoms with Crippen molar-refractivity contribution in [2.45, 2.75) is 38.8 Å². The zero-order valence-corrected chi connectivity index (χ0v) is 13.3. The number of nitrogens with zero attached hydrogens (tertiary/aromatic N) is 1. The summed E-state index contributed by atoms with van der Waals surface area (Å²) in [6.07, 6.45) is 3.54. The van der Waals surface area contributed by atoms with E-state index in [4.69, 9.17) is 9.72 Å². The minimum Gasteiger partial charge on any atom is -0.381 e. The second kappa shape index (κ2) is 7.16. The van der Waals surface area contributed by atoms with E-state index < -0.39 is 0 Å². The molecule has 0 radical (unpaired) electrons. The number of hydrogen-bond acceptors (Lipinski definition) is 4. The van der Waals surface area contributed by atoms with Gasteiger partial charge in [0.1, 0.15) is 0 Å². The molecule has 0 aliphatic heterocycles. The molecule has 1 heterocycles. The van der Waals surface area contributed by atoms with Crippen molar-refractivity contribution in [3.8, 4) is 11.3 Å². The van der Waals surface area contributed by atoms with Crippen molar-refractivity contribution in [3.05, 3.63) is 40.2 Å². The van der Waals surface area contributed by atoms with E-state index in [9.17, 15) is 0 Å². The van der Waals surface area contributed by atoms with Gasteiger partial charge in [0.25, 0.3) is 0 Å². The van der Waals surface area contributed by atoms with E-state index in [2.05, 4.69) is 29.6 Å². The van der Waals surface area contributed by atoms with E-state index >= 15 is 0 Å². The highest BCUT2D eigenvalue weighted by atomic mass is 32.1. The molecule has 1 fully saturated rings. The van der Waals surface area contributed by atoms with Gasteiger partial charge in [0, 0.05) is 36.1 Å². The second-order valence-corrected chi connectivity index (χ2v) is 6.52. The van der Waals surface area contributed by atoms with Crippen LogP contribution >= 0.6 is 11.3 Å². The van der Waals surface area contributed by atoms with E-state index in [0.717, 1.165) is 37.9 Å². The molecule has 1 N–H and O–H groups in total. The van der Waals surface area contributed by atoms with Crippen molar-refractivity contribution >= 4 is 11.3 Å². The molecule has 21 heavy (non-hydrogen) atoms. The molecule has 3 nitrogen and oxygen atoms in total. The standard InChI is InChI=1S/C17H22N2OS/c1-2-20-11-10-16-19-17(13-6-4-3-5-7-13)15(21-16)12-18-14-8-9-14/h3-7,14,18H,2,8-12H2,1H3. The Hall–Kier alpha value is -1.23. The minimum atomic E-state index is 0.725. The second-order valence-electron chi connectivity index (χ2n) is 5.35. The van der Waals surface area contributed by atoms with Gasteiger partial charge >= 0.3 is 0 Å². The molecule has 0 bridgehead atoms. The Morgan fingerprint density at radius 1 is 1.29 bits per heavy atom. The van der Waals surface area contributed by atoms with Gasteiger partial charge in [-0.3, -0.25) is 0 Å². The third kappa shape index (κ3) is 4.13. The summed E-state index contributed by atoms with van der Waals surface area (Å²) in [6, 6.07) is 11.2. The van der Waals surface area contributed by atoms with Crippen molar-refractivity contribution in [2.24, 2.45) is 0 Å². The van der Waals surface area contributed by atoms with Gasteiger partial charge in [-0.25, -0.2) is 4.98 Å². The van der Waals surface area contributed by atoms with Crippen LogP contribution in [0.15, 0.2) is 30.3 Å². The monoisotopic (exact) mass is 302 g/mol. The topological polar surface area (TPSA) is 34.1 Å². The molecular formula is C17H22N2OS. The van der Waals surface area contributed by atoms with Crippen LogP contribution in [0.4, 0.5) is 0 Å². The fourth-order valence-corrected chi connectivity index (χ4v) is 3.30. The molecule has 1 aromatic heterocycles. The highest BCUT2D eigenvalue weighted by Crippen LogP contribution is 2.29. The van der Waals surface area contributed by atoms with E-state index in [1.807, 2.05) is 24.3 Å². The number of rotatable bonds is 8. The van der Waals surface area contributed by atoms with Crippen LogP contribution in [-0.2, 0) is 17.7 Å². The minimum absolute atomic E-state index is 0.725. The van der Waals surface area contributed by atoms with Crippen LogP contribution in [-0.4, -0.2) is 24.2 Å². The Morgan fingerprint density at radius 2 is 2.10 bits per heavy atom. The number of benzene rings is 1. The van der Waals surface area contributed by atoms with Crippen LogP contribution in [0, 0.1) is 0 Å². The summed E-state index contributed by atoms with van der Waals surface area (Å²) in [5.41, 5.74) is 2.35. The summed E-state index contributed by atoms with van der Waals surface area (Å²) in [4.78, 5) is 6.20. The van der Waals surface area contributed by atoms with Crippen molar-refractivity contribution in [1.82, 2.24) is 10.3 Å². The largest absolute Gasteiger partial charge is 0.381 e. The van der Waals surface area contributed by atoms with Gasteiger partial charge in [0.15, 0.2) is 0 Å². The summed E-state index contributed by atoms with van der Waals surface area (Å²) >= 11 is 1.82. The van der Waals surface area contributed by atoms with E-state index in [1.54, 1.807) is 0 Å². The van der Waals surface area contributed by atoms with Crippen LogP contribution in [0.2, 0.25) is 0 Å². The predicted octanol–water partition coefficient (Wildman–Crippen LogP) is 3.64. The third-order valence-electron chi connectivity index (χ3n) is 3.58. The molecule has 1 aromatic carbocycles. The zero-order chi connectivity index (χ0) is 14.5. The lowest BCUT2D eigenvalue weighted by Gasteiger charge is -2.03. The van der Waals surface area contributed by atoms with E-state index in [1.165, 1.54) is 28.3 Å². The van der Waals surface area contributed by atoms with Crippen LogP contribution in [0.1, 0.15) is 29.7 Å². The van der Waals surface area contributed by atoms with Crippen molar-refractivity contribution in [1.29, 1.82) is 0 Å². The summed E-state index contributed by atoms with van der Waals surface area (Å²) in [7, 11) is 0. The van der Waals surface area contributed by atoms with Crippen LogP contribution in [0.25, 0.3) is 11.3 Å². The Kier molecular flexibility index (Phi) is 5.01. The number of thiazole rings is 1. The average molecular weight is 302 g/mol. The molecule has 0 atom stereocenters. The maximum Gasteiger partial charge on any atom is 0.0958 e. The molecule has 1 aliphatic carbocycles. The molecule has 3 rings (SSSR count). The van der Waals surface area contributed by atoms with Crippen LogP contribution in [0.3, 0.4) is 0 Å². The Bertz CT molecular complexity index is 563. The van der Waals surface area contributed by atoms with Gasteiger partial charge < -0.3 is 10.1 Å². The highest BCUT2D eigenvalue weighted by Gasteiger charge is 2.21. The van der Waals surface area contributed by atoms with Gasteiger partial charge in [0.05, 0.1) is 17.3 Å².